The lowest BCUT2D eigenvalue weighted by atomic mass is 10.3. The summed E-state index contributed by atoms with van der Waals surface area (Å²) in [6, 6.07) is 5.58. The van der Waals surface area contributed by atoms with Gasteiger partial charge in [-0.25, -0.2) is 4.79 Å². The molecule has 0 saturated heterocycles. The minimum atomic E-state index is -0.812. The number of aromatic nitrogens is 2. The number of carbonyl (C=O) groups excluding carboxylic acids is 2. The van der Waals surface area contributed by atoms with Crippen LogP contribution in [0.5, 0.6) is 0 Å². The number of amides is 1. The summed E-state index contributed by atoms with van der Waals surface area (Å²) in [5.74, 6) is -1.40. The molecule has 0 aliphatic heterocycles. The fourth-order valence-corrected chi connectivity index (χ4v) is 1.97. The Kier molecular flexibility index (Phi) is 5.78. The number of carbonyl (C=O) groups is 2. The van der Waals surface area contributed by atoms with E-state index in [0.29, 0.717) is 10.7 Å². The largest absolute Gasteiger partial charge is 0.454 e. The van der Waals surface area contributed by atoms with Crippen molar-refractivity contribution in [2.45, 2.75) is 6.54 Å². The lowest BCUT2D eigenvalue weighted by molar-refractivity contribution is -0.148. The maximum absolute atomic E-state index is 11.7. The lowest BCUT2D eigenvalue weighted by Crippen LogP contribution is -2.32. The third-order valence-corrected chi connectivity index (χ3v) is 3.50. The number of esters is 1. The molecule has 0 aliphatic carbocycles. The number of rotatable bonds is 5. The van der Waals surface area contributed by atoms with Crippen molar-refractivity contribution in [2.75, 3.05) is 11.9 Å². The third-order valence-electron chi connectivity index (χ3n) is 2.76. The Morgan fingerprint density at radius 3 is 2.58 bits per heavy atom. The van der Waals surface area contributed by atoms with E-state index in [0.717, 1.165) is 16.8 Å². The van der Waals surface area contributed by atoms with Gasteiger partial charge >= 0.3 is 11.7 Å². The van der Waals surface area contributed by atoms with Crippen LogP contribution >= 0.6 is 23.2 Å². The van der Waals surface area contributed by atoms with Crippen LogP contribution in [0.25, 0.3) is 0 Å². The molecule has 8 nitrogen and oxygen atoms in total. The van der Waals surface area contributed by atoms with E-state index in [2.05, 4.69) is 5.32 Å². The second kappa shape index (κ2) is 7.80. The van der Waals surface area contributed by atoms with Crippen LogP contribution in [0.4, 0.5) is 5.69 Å². The number of hydrogen-bond acceptors (Lipinski definition) is 5. The van der Waals surface area contributed by atoms with Gasteiger partial charge in [-0.3, -0.25) is 23.9 Å². The van der Waals surface area contributed by atoms with Gasteiger partial charge in [-0.15, -0.1) is 0 Å². The third kappa shape index (κ3) is 4.97. The van der Waals surface area contributed by atoms with Gasteiger partial charge in [0.1, 0.15) is 6.54 Å². The van der Waals surface area contributed by atoms with Crippen LogP contribution in [0.3, 0.4) is 0 Å². The molecule has 0 radical (unpaired) electrons. The van der Waals surface area contributed by atoms with Crippen LogP contribution in [-0.2, 0) is 20.9 Å². The van der Waals surface area contributed by atoms with Crippen molar-refractivity contribution in [2.24, 2.45) is 0 Å². The number of benzene rings is 1. The lowest BCUT2D eigenvalue weighted by Gasteiger charge is -2.08. The zero-order chi connectivity index (χ0) is 17.7. The number of hydrogen-bond donors (Lipinski definition) is 2. The Labute approximate surface area is 145 Å². The topological polar surface area (TPSA) is 110 Å². The Morgan fingerprint density at radius 1 is 1.17 bits per heavy atom. The average molecular weight is 372 g/mol. The summed E-state index contributed by atoms with van der Waals surface area (Å²) in [7, 11) is 0. The summed E-state index contributed by atoms with van der Waals surface area (Å²) < 4.78 is 5.70. The normalized spacial score (nSPS) is 10.2. The number of halogens is 2. The van der Waals surface area contributed by atoms with E-state index in [9.17, 15) is 19.2 Å². The summed E-state index contributed by atoms with van der Waals surface area (Å²) in [6.07, 6.45) is 1.15. The summed E-state index contributed by atoms with van der Waals surface area (Å²) in [5, 5.41) is 3.08. The summed E-state index contributed by atoms with van der Waals surface area (Å²) >= 11 is 11.6. The highest BCUT2D eigenvalue weighted by atomic mass is 35.5. The van der Waals surface area contributed by atoms with Crippen LogP contribution in [0.1, 0.15) is 0 Å². The first-order valence-electron chi connectivity index (χ1n) is 6.55. The van der Waals surface area contributed by atoms with Crippen molar-refractivity contribution < 1.29 is 14.3 Å². The van der Waals surface area contributed by atoms with Gasteiger partial charge in [0.15, 0.2) is 6.61 Å². The van der Waals surface area contributed by atoms with Crippen LogP contribution in [-0.4, -0.2) is 28.0 Å². The Hall–Kier alpha value is -2.58. The van der Waals surface area contributed by atoms with E-state index in [1.807, 2.05) is 4.98 Å². The molecule has 1 amide bonds. The predicted molar refractivity (Wildman–Crippen MR) is 87.4 cm³/mol. The molecule has 2 rings (SSSR count). The van der Waals surface area contributed by atoms with Crippen molar-refractivity contribution >= 4 is 40.8 Å². The standard InChI is InChI=1S/C14H11Cl2N3O5/c15-9-2-1-8(5-10(9)16)17-12(21)7-24-13(22)6-19-4-3-11(20)18-14(19)23/h1-5H,6-7H2,(H,17,21)(H,18,20,23). The van der Waals surface area contributed by atoms with Crippen LogP contribution in [0.2, 0.25) is 10.0 Å². The van der Waals surface area contributed by atoms with Crippen molar-refractivity contribution in [1.29, 1.82) is 0 Å². The number of nitrogens with one attached hydrogen (secondary N) is 2. The van der Waals surface area contributed by atoms with E-state index in [-0.39, 0.29) is 5.02 Å². The summed E-state index contributed by atoms with van der Waals surface area (Å²) in [5.41, 5.74) is -0.937. The van der Waals surface area contributed by atoms with E-state index < -0.39 is 36.3 Å². The molecule has 2 N–H and O–H groups in total. The van der Waals surface area contributed by atoms with E-state index in [1.165, 1.54) is 18.2 Å². The number of H-pyrrole nitrogens is 1. The molecule has 0 unspecified atom stereocenters. The smallest absolute Gasteiger partial charge is 0.328 e. The van der Waals surface area contributed by atoms with E-state index in [1.54, 1.807) is 0 Å². The van der Waals surface area contributed by atoms with E-state index >= 15 is 0 Å². The van der Waals surface area contributed by atoms with Gasteiger partial charge in [0.25, 0.3) is 11.5 Å². The molecule has 1 aromatic carbocycles. The van der Waals surface area contributed by atoms with Gasteiger partial charge in [0, 0.05) is 18.0 Å². The van der Waals surface area contributed by atoms with Crippen molar-refractivity contribution in [3.8, 4) is 0 Å². The highest BCUT2D eigenvalue weighted by Crippen LogP contribution is 2.24. The maximum Gasteiger partial charge on any atom is 0.328 e. The minimum absolute atomic E-state index is 0.268. The van der Waals surface area contributed by atoms with Crippen molar-refractivity contribution in [1.82, 2.24) is 9.55 Å². The van der Waals surface area contributed by atoms with Gasteiger partial charge in [-0.05, 0) is 18.2 Å². The predicted octanol–water partition coefficient (Wildman–Crippen LogP) is 1.03. The summed E-state index contributed by atoms with van der Waals surface area (Å²) in [6.45, 7) is -0.979. The SMILES string of the molecule is O=C(COC(=O)Cn1ccc(=O)[nH]c1=O)Nc1ccc(Cl)c(Cl)c1. The first kappa shape index (κ1) is 17.8. The molecule has 0 aliphatic rings. The molecule has 1 heterocycles. The summed E-state index contributed by atoms with van der Waals surface area (Å²) in [4.78, 5) is 47.6. The van der Waals surface area contributed by atoms with Gasteiger partial charge < -0.3 is 10.1 Å². The molecule has 126 valence electrons. The zero-order valence-corrected chi connectivity index (χ0v) is 13.6. The highest BCUT2D eigenvalue weighted by Gasteiger charge is 2.10. The minimum Gasteiger partial charge on any atom is -0.454 e. The van der Waals surface area contributed by atoms with Crippen molar-refractivity contribution in [3.63, 3.8) is 0 Å². The second-order valence-corrected chi connectivity index (χ2v) is 5.39. The molecule has 24 heavy (non-hydrogen) atoms. The molecule has 0 fully saturated rings. The number of nitrogens with zero attached hydrogens (tertiary/aromatic N) is 1. The average Bonchev–Trinajstić information content (AvgIpc) is 2.52. The Balaban J connectivity index is 1.86. The van der Waals surface area contributed by atoms with Crippen LogP contribution in [0.15, 0.2) is 40.1 Å². The van der Waals surface area contributed by atoms with E-state index in [4.69, 9.17) is 27.9 Å². The van der Waals surface area contributed by atoms with Crippen LogP contribution < -0.4 is 16.6 Å². The first-order chi connectivity index (χ1) is 11.3. The molecule has 0 atom stereocenters. The van der Waals surface area contributed by atoms with Gasteiger partial charge in [0.05, 0.1) is 10.0 Å². The molecule has 2 aromatic rings. The molecule has 0 saturated carbocycles. The molecule has 1 aromatic heterocycles. The fourth-order valence-electron chi connectivity index (χ4n) is 1.67. The molecule has 0 spiro atoms. The van der Waals surface area contributed by atoms with Gasteiger partial charge in [-0.2, -0.15) is 0 Å². The first-order valence-corrected chi connectivity index (χ1v) is 7.31. The molecule has 10 heteroatoms. The van der Waals surface area contributed by atoms with Crippen LogP contribution in [0, 0.1) is 0 Å². The number of anilines is 1. The Morgan fingerprint density at radius 2 is 1.92 bits per heavy atom. The Bertz CT molecular complexity index is 890. The number of aromatic amines is 1. The zero-order valence-electron chi connectivity index (χ0n) is 12.0. The fraction of sp³-hybridized carbons (Fsp3) is 0.143. The van der Waals surface area contributed by atoms with Crippen molar-refractivity contribution in [3.05, 3.63) is 61.3 Å². The molecular formula is C14H11Cl2N3O5. The second-order valence-electron chi connectivity index (χ2n) is 4.58. The molecular weight excluding hydrogens is 361 g/mol. The highest BCUT2D eigenvalue weighted by molar-refractivity contribution is 6.42. The van der Waals surface area contributed by atoms with Gasteiger partial charge in [-0.1, -0.05) is 23.2 Å². The quantitative estimate of drug-likeness (QED) is 0.762. The monoisotopic (exact) mass is 371 g/mol. The number of ether oxygens (including phenoxy) is 1. The molecule has 0 bridgehead atoms. The van der Waals surface area contributed by atoms with Gasteiger partial charge in [0.2, 0.25) is 0 Å². The maximum atomic E-state index is 11.7.